The monoisotopic (exact) mass is 354 g/mol. The number of fused-ring (bicyclic) bond motifs is 2. The lowest BCUT2D eigenvalue weighted by molar-refractivity contribution is 0.915. The molecular weight excluding hydrogens is 340 g/mol. The lowest BCUT2D eigenvalue weighted by Gasteiger charge is -2.09. The highest BCUT2D eigenvalue weighted by molar-refractivity contribution is 7.99. The van der Waals surface area contributed by atoms with Gasteiger partial charge >= 0.3 is 0 Å². The maximum absolute atomic E-state index is 4.86. The third kappa shape index (κ3) is 2.53. The first-order chi connectivity index (χ1) is 12.9. The summed E-state index contributed by atoms with van der Waals surface area (Å²) in [5.41, 5.74) is 4.08. The fourth-order valence-electron chi connectivity index (χ4n) is 3.05. The Balaban J connectivity index is 1.72. The molecule has 0 spiro atoms. The Morgan fingerprint density at radius 3 is 2.31 bits per heavy atom. The van der Waals surface area contributed by atoms with E-state index in [0.29, 0.717) is 0 Å². The molecule has 2 heterocycles. The predicted octanol–water partition coefficient (Wildman–Crippen LogP) is 5.12. The van der Waals surface area contributed by atoms with E-state index < -0.39 is 0 Å². The zero-order valence-corrected chi connectivity index (χ0v) is 14.6. The van der Waals surface area contributed by atoms with Crippen molar-refractivity contribution in [3.63, 3.8) is 0 Å². The number of para-hydroxylation sites is 4. The Morgan fingerprint density at radius 2 is 1.42 bits per heavy atom. The molecule has 0 radical (unpaired) electrons. The van der Waals surface area contributed by atoms with Gasteiger partial charge in [-0.25, -0.2) is 15.0 Å². The van der Waals surface area contributed by atoms with Gasteiger partial charge in [0.2, 0.25) is 0 Å². The molecule has 0 bridgehead atoms. The number of benzene rings is 3. The molecule has 0 fully saturated rings. The molecule has 0 unspecified atom stereocenters. The van der Waals surface area contributed by atoms with Crippen LogP contribution in [0, 0.1) is 0 Å². The normalized spacial score (nSPS) is 11.2. The first-order valence-corrected chi connectivity index (χ1v) is 9.12. The summed E-state index contributed by atoms with van der Waals surface area (Å²) < 4.78 is 2.18. The first kappa shape index (κ1) is 15.1. The van der Waals surface area contributed by atoms with Gasteiger partial charge in [-0.15, -0.1) is 0 Å². The van der Waals surface area contributed by atoms with Gasteiger partial charge in [-0.3, -0.25) is 4.57 Å². The summed E-state index contributed by atoms with van der Waals surface area (Å²) in [5, 5.41) is 2.83. The predicted molar refractivity (Wildman–Crippen MR) is 105 cm³/mol. The number of imidazole rings is 1. The Kier molecular flexibility index (Phi) is 3.65. The van der Waals surface area contributed by atoms with E-state index >= 15 is 0 Å². The zero-order chi connectivity index (χ0) is 17.3. The largest absolute Gasteiger partial charge is 0.287 e. The van der Waals surface area contributed by atoms with Crippen LogP contribution in [-0.2, 0) is 0 Å². The average Bonchev–Trinajstić information content (AvgIpc) is 3.07. The van der Waals surface area contributed by atoms with Gasteiger partial charge in [0.05, 0.1) is 16.6 Å². The van der Waals surface area contributed by atoms with Crippen molar-refractivity contribution in [3.05, 3.63) is 85.2 Å². The van der Waals surface area contributed by atoms with E-state index in [1.807, 2.05) is 60.7 Å². The summed E-state index contributed by atoms with van der Waals surface area (Å²) in [6.07, 6.45) is 1.61. The van der Waals surface area contributed by atoms with E-state index in [2.05, 4.69) is 32.7 Å². The van der Waals surface area contributed by atoms with Gasteiger partial charge in [0.25, 0.3) is 0 Å². The minimum Gasteiger partial charge on any atom is -0.287 e. The zero-order valence-electron chi connectivity index (χ0n) is 13.8. The van der Waals surface area contributed by atoms with Crippen molar-refractivity contribution in [1.82, 2.24) is 19.5 Å². The van der Waals surface area contributed by atoms with Crippen LogP contribution in [-0.4, -0.2) is 19.5 Å². The van der Waals surface area contributed by atoms with Gasteiger partial charge in [-0.2, -0.15) is 0 Å². The summed E-state index contributed by atoms with van der Waals surface area (Å²) in [6.45, 7) is 0. The molecule has 0 saturated carbocycles. The van der Waals surface area contributed by atoms with Crippen molar-refractivity contribution in [2.75, 3.05) is 0 Å². The number of rotatable bonds is 3. The lowest BCUT2D eigenvalue weighted by Crippen LogP contribution is -1.96. The molecule has 0 aliphatic heterocycles. The van der Waals surface area contributed by atoms with E-state index in [9.17, 15) is 0 Å². The topological polar surface area (TPSA) is 43.6 Å². The minimum absolute atomic E-state index is 0.890. The van der Waals surface area contributed by atoms with Crippen LogP contribution in [0.15, 0.2) is 95.4 Å². The molecule has 4 nitrogen and oxygen atoms in total. The van der Waals surface area contributed by atoms with Gasteiger partial charge in [-0.1, -0.05) is 48.5 Å². The summed E-state index contributed by atoms with van der Waals surface area (Å²) in [4.78, 5) is 13.7. The van der Waals surface area contributed by atoms with Crippen molar-refractivity contribution in [3.8, 4) is 5.69 Å². The fraction of sp³-hybridized carbons (Fsp3) is 0. The van der Waals surface area contributed by atoms with E-state index in [1.54, 1.807) is 18.1 Å². The van der Waals surface area contributed by atoms with E-state index in [0.717, 1.165) is 37.8 Å². The van der Waals surface area contributed by atoms with Crippen molar-refractivity contribution in [2.24, 2.45) is 0 Å². The van der Waals surface area contributed by atoms with E-state index in [-0.39, 0.29) is 0 Å². The first-order valence-electron chi connectivity index (χ1n) is 8.31. The Morgan fingerprint density at radius 1 is 0.692 bits per heavy atom. The second kappa shape index (κ2) is 6.28. The van der Waals surface area contributed by atoms with Crippen LogP contribution >= 0.6 is 11.8 Å². The molecule has 26 heavy (non-hydrogen) atoms. The Hall–Kier alpha value is -3.18. The van der Waals surface area contributed by atoms with Gasteiger partial charge in [0.1, 0.15) is 11.4 Å². The molecule has 0 N–H and O–H groups in total. The molecule has 3 aromatic carbocycles. The van der Waals surface area contributed by atoms with Gasteiger partial charge < -0.3 is 0 Å². The molecule has 0 saturated heterocycles. The number of aromatic nitrogens is 4. The second-order valence-electron chi connectivity index (χ2n) is 5.85. The Bertz CT molecular complexity index is 1210. The van der Waals surface area contributed by atoms with Gasteiger partial charge in [0.15, 0.2) is 5.16 Å². The lowest BCUT2D eigenvalue weighted by atomic mass is 10.2. The number of hydrogen-bond donors (Lipinski definition) is 0. The highest BCUT2D eigenvalue weighted by Crippen LogP contribution is 2.34. The van der Waals surface area contributed by atoms with E-state index in [1.165, 1.54) is 0 Å². The molecule has 124 valence electrons. The van der Waals surface area contributed by atoms with E-state index in [4.69, 9.17) is 4.98 Å². The van der Waals surface area contributed by atoms with Crippen molar-refractivity contribution in [1.29, 1.82) is 0 Å². The molecule has 5 heteroatoms. The number of hydrogen-bond acceptors (Lipinski definition) is 4. The molecular formula is C21H14N4S. The third-order valence-corrected chi connectivity index (χ3v) is 5.21. The summed E-state index contributed by atoms with van der Waals surface area (Å²) in [7, 11) is 0. The maximum Gasteiger partial charge on any atom is 0.180 e. The Labute approximate surface area is 154 Å². The second-order valence-corrected chi connectivity index (χ2v) is 6.81. The van der Waals surface area contributed by atoms with Crippen LogP contribution in [0.5, 0.6) is 0 Å². The number of nitrogens with zero attached hydrogens (tertiary/aromatic N) is 4. The SMILES string of the molecule is c1ccc(-n2c(Sc3ncnc4ccccc34)nc3ccccc32)cc1. The van der Waals surface area contributed by atoms with Crippen LogP contribution in [0.4, 0.5) is 0 Å². The van der Waals surface area contributed by atoms with Crippen LogP contribution < -0.4 is 0 Å². The van der Waals surface area contributed by atoms with Crippen LogP contribution in [0.1, 0.15) is 0 Å². The summed E-state index contributed by atoms with van der Waals surface area (Å²) in [6, 6.07) is 26.5. The van der Waals surface area contributed by atoms with Gasteiger partial charge in [0, 0.05) is 11.1 Å². The molecule has 0 aliphatic carbocycles. The molecule has 2 aromatic heterocycles. The molecule has 5 aromatic rings. The fourth-order valence-corrected chi connectivity index (χ4v) is 4.04. The molecule has 5 rings (SSSR count). The third-order valence-electron chi connectivity index (χ3n) is 4.24. The highest BCUT2D eigenvalue weighted by atomic mass is 32.2. The summed E-state index contributed by atoms with van der Waals surface area (Å²) >= 11 is 1.57. The maximum atomic E-state index is 4.86. The standard InChI is InChI=1S/C21H14N4S/c1-2-8-15(9-3-1)25-19-13-7-6-12-18(19)24-21(25)26-20-16-10-4-5-11-17(16)22-14-23-20/h1-14H. The van der Waals surface area contributed by atoms with Crippen LogP contribution in [0.3, 0.4) is 0 Å². The van der Waals surface area contributed by atoms with Crippen molar-refractivity contribution < 1.29 is 0 Å². The quantitative estimate of drug-likeness (QED) is 0.422. The van der Waals surface area contributed by atoms with Crippen molar-refractivity contribution in [2.45, 2.75) is 10.2 Å². The average molecular weight is 354 g/mol. The molecule has 0 atom stereocenters. The minimum atomic E-state index is 0.890. The van der Waals surface area contributed by atoms with Crippen LogP contribution in [0.2, 0.25) is 0 Å². The van der Waals surface area contributed by atoms with Gasteiger partial charge in [-0.05, 0) is 42.1 Å². The molecule has 0 aliphatic rings. The highest BCUT2D eigenvalue weighted by Gasteiger charge is 2.15. The smallest absolute Gasteiger partial charge is 0.180 e. The molecule has 0 amide bonds. The van der Waals surface area contributed by atoms with Crippen molar-refractivity contribution >= 4 is 33.7 Å². The summed E-state index contributed by atoms with van der Waals surface area (Å²) in [5.74, 6) is 0. The van der Waals surface area contributed by atoms with Crippen LogP contribution in [0.25, 0.3) is 27.6 Å².